The Morgan fingerprint density at radius 1 is 1.04 bits per heavy atom. The molecule has 0 aliphatic carbocycles. The molecule has 1 amide bonds. The third kappa shape index (κ3) is 2.98. The average Bonchev–Trinajstić information content (AvgIpc) is 3.13. The third-order valence-electron chi connectivity index (χ3n) is 4.32. The standard InChI is InChI=1S/C20H15N5O/c21-13-14-5-7-16(8-6-14)22-20(26)17-9-10-19(24-23-17)25-12-11-15-3-1-2-4-18(15)25/h1-10H,11-12H2,(H,22,26). The van der Waals surface area contributed by atoms with Gasteiger partial charge in [-0.15, -0.1) is 10.2 Å². The molecule has 0 spiro atoms. The number of rotatable bonds is 3. The molecule has 3 aromatic rings. The van der Waals surface area contributed by atoms with Gasteiger partial charge in [0.25, 0.3) is 5.91 Å². The first kappa shape index (κ1) is 15.8. The molecule has 6 nitrogen and oxygen atoms in total. The highest BCUT2D eigenvalue weighted by Crippen LogP contribution is 2.32. The van der Waals surface area contributed by atoms with Crippen molar-refractivity contribution in [3.05, 3.63) is 77.5 Å². The Morgan fingerprint density at radius 2 is 1.85 bits per heavy atom. The number of hydrogen-bond donors (Lipinski definition) is 1. The molecule has 6 heteroatoms. The number of anilines is 3. The van der Waals surface area contributed by atoms with Gasteiger partial charge in [-0.2, -0.15) is 5.26 Å². The summed E-state index contributed by atoms with van der Waals surface area (Å²) in [7, 11) is 0. The normalized spacial score (nSPS) is 12.3. The number of fused-ring (bicyclic) bond motifs is 1. The van der Waals surface area contributed by atoms with Crippen LogP contribution < -0.4 is 10.2 Å². The molecule has 1 aromatic heterocycles. The van der Waals surface area contributed by atoms with Crippen LogP contribution in [-0.2, 0) is 6.42 Å². The van der Waals surface area contributed by atoms with Crippen molar-refractivity contribution in [2.24, 2.45) is 0 Å². The summed E-state index contributed by atoms with van der Waals surface area (Å²) in [6.07, 6.45) is 0.971. The molecule has 0 saturated heterocycles. The molecule has 1 N–H and O–H groups in total. The minimum Gasteiger partial charge on any atom is -0.324 e. The second kappa shape index (κ2) is 6.65. The molecule has 0 atom stereocenters. The van der Waals surface area contributed by atoms with Gasteiger partial charge in [0.1, 0.15) is 0 Å². The number of nitrogens with zero attached hydrogens (tertiary/aromatic N) is 4. The van der Waals surface area contributed by atoms with Crippen LogP contribution in [-0.4, -0.2) is 22.6 Å². The fourth-order valence-electron chi connectivity index (χ4n) is 2.99. The molecule has 2 aromatic carbocycles. The van der Waals surface area contributed by atoms with Crippen LogP contribution in [0.15, 0.2) is 60.7 Å². The van der Waals surface area contributed by atoms with Crippen LogP contribution in [0.1, 0.15) is 21.6 Å². The summed E-state index contributed by atoms with van der Waals surface area (Å²) in [5.74, 6) is 0.389. The van der Waals surface area contributed by atoms with Crippen molar-refractivity contribution in [1.29, 1.82) is 5.26 Å². The Labute approximate surface area is 150 Å². The number of amides is 1. The highest BCUT2D eigenvalue weighted by molar-refractivity contribution is 6.02. The molecule has 1 aliphatic rings. The van der Waals surface area contributed by atoms with E-state index in [9.17, 15) is 4.79 Å². The molecular formula is C20H15N5O. The fraction of sp³-hybridized carbons (Fsp3) is 0.100. The Balaban J connectivity index is 1.49. The first-order chi connectivity index (χ1) is 12.7. The third-order valence-corrected chi connectivity index (χ3v) is 4.32. The van der Waals surface area contributed by atoms with Crippen molar-refractivity contribution < 1.29 is 4.79 Å². The second-order valence-electron chi connectivity index (χ2n) is 5.95. The van der Waals surface area contributed by atoms with Crippen molar-refractivity contribution in [3.63, 3.8) is 0 Å². The van der Waals surface area contributed by atoms with Gasteiger partial charge in [-0.1, -0.05) is 18.2 Å². The van der Waals surface area contributed by atoms with Crippen LogP contribution >= 0.6 is 0 Å². The van der Waals surface area contributed by atoms with Crippen LogP contribution in [0.5, 0.6) is 0 Å². The van der Waals surface area contributed by atoms with E-state index in [-0.39, 0.29) is 11.6 Å². The van der Waals surface area contributed by atoms with Crippen LogP contribution in [0.3, 0.4) is 0 Å². The predicted octanol–water partition coefficient (Wildman–Crippen LogP) is 3.29. The number of carbonyl (C=O) groups excluding carboxylic acids is 1. The molecule has 0 unspecified atom stereocenters. The monoisotopic (exact) mass is 341 g/mol. The number of nitriles is 1. The van der Waals surface area contributed by atoms with Gasteiger partial charge >= 0.3 is 0 Å². The zero-order valence-corrected chi connectivity index (χ0v) is 13.9. The van der Waals surface area contributed by atoms with Crippen molar-refractivity contribution >= 4 is 23.1 Å². The highest BCUT2D eigenvalue weighted by Gasteiger charge is 2.21. The van der Waals surface area contributed by atoms with Gasteiger partial charge in [0, 0.05) is 17.9 Å². The second-order valence-corrected chi connectivity index (χ2v) is 5.95. The predicted molar refractivity (Wildman–Crippen MR) is 98.3 cm³/mol. The number of nitrogens with one attached hydrogen (secondary N) is 1. The molecule has 0 bridgehead atoms. The Bertz CT molecular complexity index is 990. The van der Waals surface area contributed by atoms with Crippen LogP contribution in [0, 0.1) is 11.3 Å². The summed E-state index contributed by atoms with van der Waals surface area (Å²) in [5, 5.41) is 19.8. The van der Waals surface area contributed by atoms with E-state index in [1.165, 1.54) is 5.56 Å². The number of benzene rings is 2. The first-order valence-corrected chi connectivity index (χ1v) is 8.25. The van der Waals surface area contributed by atoms with Crippen LogP contribution in [0.4, 0.5) is 17.2 Å². The zero-order chi connectivity index (χ0) is 17.9. The maximum absolute atomic E-state index is 12.3. The summed E-state index contributed by atoms with van der Waals surface area (Å²) in [5.41, 5.74) is 3.81. The van der Waals surface area contributed by atoms with Gasteiger partial charge < -0.3 is 10.2 Å². The van der Waals surface area contributed by atoms with E-state index in [2.05, 4.69) is 32.5 Å². The molecule has 4 rings (SSSR count). The maximum Gasteiger partial charge on any atom is 0.276 e. The fourth-order valence-corrected chi connectivity index (χ4v) is 2.99. The van der Waals surface area contributed by atoms with Crippen molar-refractivity contribution in [2.45, 2.75) is 6.42 Å². The minimum absolute atomic E-state index is 0.241. The van der Waals surface area contributed by atoms with Gasteiger partial charge in [0.2, 0.25) is 0 Å². The van der Waals surface area contributed by atoms with E-state index in [4.69, 9.17) is 5.26 Å². The SMILES string of the molecule is N#Cc1ccc(NC(=O)c2ccc(N3CCc4ccccc43)nn2)cc1. The number of carbonyl (C=O) groups is 1. The Morgan fingerprint density at radius 3 is 2.58 bits per heavy atom. The lowest BCUT2D eigenvalue weighted by Crippen LogP contribution is -2.18. The maximum atomic E-state index is 12.3. The lowest BCUT2D eigenvalue weighted by Gasteiger charge is -2.17. The molecule has 26 heavy (non-hydrogen) atoms. The van der Waals surface area contributed by atoms with E-state index in [0.29, 0.717) is 11.3 Å². The first-order valence-electron chi connectivity index (χ1n) is 8.25. The van der Waals surface area contributed by atoms with Gasteiger partial charge in [0.15, 0.2) is 11.5 Å². The summed E-state index contributed by atoms with van der Waals surface area (Å²) in [6.45, 7) is 0.852. The van der Waals surface area contributed by atoms with E-state index in [1.807, 2.05) is 24.3 Å². The number of para-hydroxylation sites is 1. The van der Waals surface area contributed by atoms with E-state index >= 15 is 0 Å². The van der Waals surface area contributed by atoms with Gasteiger partial charge in [0.05, 0.1) is 11.6 Å². The summed E-state index contributed by atoms with van der Waals surface area (Å²) in [6, 6.07) is 20.4. The van der Waals surface area contributed by atoms with Crippen molar-refractivity contribution in [2.75, 3.05) is 16.8 Å². The highest BCUT2D eigenvalue weighted by atomic mass is 16.1. The van der Waals surface area contributed by atoms with Gasteiger partial charge in [-0.25, -0.2) is 0 Å². The Kier molecular flexibility index (Phi) is 4.04. The molecule has 2 heterocycles. The summed E-state index contributed by atoms with van der Waals surface area (Å²) >= 11 is 0. The largest absolute Gasteiger partial charge is 0.324 e. The lowest BCUT2D eigenvalue weighted by molar-refractivity contribution is 0.102. The van der Waals surface area contributed by atoms with Gasteiger partial charge in [-0.05, 0) is 54.4 Å². The summed E-state index contributed by atoms with van der Waals surface area (Å²) < 4.78 is 0. The van der Waals surface area contributed by atoms with Crippen molar-refractivity contribution in [1.82, 2.24) is 10.2 Å². The van der Waals surface area contributed by atoms with Crippen molar-refractivity contribution in [3.8, 4) is 6.07 Å². The molecule has 1 aliphatic heterocycles. The Hall–Kier alpha value is -3.72. The molecular weight excluding hydrogens is 326 g/mol. The van der Waals surface area contributed by atoms with Crippen LogP contribution in [0.2, 0.25) is 0 Å². The van der Waals surface area contributed by atoms with E-state index in [1.54, 1.807) is 30.3 Å². The quantitative estimate of drug-likeness (QED) is 0.790. The summed E-state index contributed by atoms with van der Waals surface area (Å²) in [4.78, 5) is 14.4. The average molecular weight is 341 g/mol. The zero-order valence-electron chi connectivity index (χ0n) is 13.9. The molecule has 0 fully saturated rings. The topological polar surface area (TPSA) is 81.9 Å². The molecule has 126 valence electrons. The van der Waals surface area contributed by atoms with E-state index in [0.717, 1.165) is 24.5 Å². The number of aromatic nitrogens is 2. The number of hydrogen-bond acceptors (Lipinski definition) is 5. The molecule has 0 radical (unpaired) electrons. The molecule has 0 saturated carbocycles. The minimum atomic E-state index is -0.337. The van der Waals surface area contributed by atoms with E-state index < -0.39 is 0 Å². The smallest absolute Gasteiger partial charge is 0.276 e. The van der Waals surface area contributed by atoms with Crippen LogP contribution in [0.25, 0.3) is 0 Å². The lowest BCUT2D eigenvalue weighted by atomic mass is 10.2. The van der Waals surface area contributed by atoms with Gasteiger partial charge in [-0.3, -0.25) is 4.79 Å².